The van der Waals surface area contributed by atoms with E-state index < -0.39 is 10.0 Å². The Labute approximate surface area is 202 Å². The second-order valence-electron chi connectivity index (χ2n) is 8.52. The quantitative estimate of drug-likeness (QED) is 0.435. The Morgan fingerprint density at radius 2 is 1.24 bits per heavy atom. The number of morpholine rings is 1. The third-order valence-corrected chi connectivity index (χ3v) is 7.53. The summed E-state index contributed by atoms with van der Waals surface area (Å²) >= 11 is 0. The third kappa shape index (κ3) is 6.74. The lowest BCUT2D eigenvalue weighted by Gasteiger charge is -2.37. The van der Waals surface area contributed by atoms with Crippen molar-refractivity contribution in [2.45, 2.75) is 37.2 Å². The molecule has 0 radical (unpaired) electrons. The Balaban J connectivity index is 1.42. The van der Waals surface area contributed by atoms with Gasteiger partial charge < -0.3 is 14.2 Å². The fraction of sp³-hybridized carbons (Fsp3) is 0.333. The summed E-state index contributed by atoms with van der Waals surface area (Å²) in [7, 11) is -3.66. The maximum absolute atomic E-state index is 13.4. The van der Waals surface area contributed by atoms with E-state index in [2.05, 4.69) is 0 Å². The van der Waals surface area contributed by atoms with Crippen LogP contribution in [0.1, 0.15) is 16.7 Å². The van der Waals surface area contributed by atoms with E-state index in [1.165, 1.54) is 4.31 Å². The molecule has 0 unspecified atom stereocenters. The molecule has 0 spiro atoms. The van der Waals surface area contributed by atoms with Crippen molar-refractivity contribution in [1.82, 2.24) is 4.31 Å². The van der Waals surface area contributed by atoms with Crippen LogP contribution in [0.4, 0.5) is 0 Å². The number of ether oxygens (including phenoxy) is 3. The minimum atomic E-state index is -3.66. The summed E-state index contributed by atoms with van der Waals surface area (Å²) in [6, 6.07) is 26.7. The van der Waals surface area contributed by atoms with Gasteiger partial charge in [-0.1, -0.05) is 78.4 Å². The van der Waals surface area contributed by atoms with Crippen LogP contribution in [0, 0.1) is 6.92 Å². The standard InChI is InChI=1S/C27H31NO5S/c1-22-12-14-27(15-13-22)34(29,30)28-16-25(20-31-18-23-8-4-2-5-9-23)33-26(17-28)21-32-19-24-10-6-3-7-11-24/h2-15,25-26H,16-21H2,1H3/t25-,26-/m1/s1. The third-order valence-electron chi connectivity index (χ3n) is 5.69. The molecule has 1 aliphatic rings. The number of nitrogens with zero attached hydrogens (tertiary/aromatic N) is 1. The molecule has 0 amide bonds. The van der Waals surface area contributed by atoms with Crippen LogP contribution >= 0.6 is 0 Å². The van der Waals surface area contributed by atoms with Crippen LogP contribution < -0.4 is 0 Å². The average molecular weight is 482 g/mol. The van der Waals surface area contributed by atoms with Crippen LogP contribution in [0.15, 0.2) is 89.8 Å². The Hall–Kier alpha value is -2.55. The van der Waals surface area contributed by atoms with E-state index in [1.807, 2.05) is 79.7 Å². The van der Waals surface area contributed by atoms with E-state index in [-0.39, 0.29) is 30.2 Å². The van der Waals surface area contributed by atoms with Crippen molar-refractivity contribution in [2.75, 3.05) is 26.3 Å². The van der Waals surface area contributed by atoms with E-state index in [4.69, 9.17) is 14.2 Å². The first kappa shape index (κ1) is 24.6. The van der Waals surface area contributed by atoms with Gasteiger partial charge in [-0.25, -0.2) is 8.42 Å². The van der Waals surface area contributed by atoms with Crippen molar-refractivity contribution in [3.63, 3.8) is 0 Å². The molecule has 3 aromatic carbocycles. The van der Waals surface area contributed by atoms with Gasteiger partial charge in [0.05, 0.1) is 43.5 Å². The predicted octanol–water partition coefficient (Wildman–Crippen LogP) is 4.19. The van der Waals surface area contributed by atoms with E-state index in [0.717, 1.165) is 16.7 Å². The van der Waals surface area contributed by atoms with Crippen molar-refractivity contribution in [3.05, 3.63) is 102 Å². The van der Waals surface area contributed by atoms with Gasteiger partial charge in [0.1, 0.15) is 0 Å². The molecule has 0 saturated carbocycles. The Kier molecular flexibility index (Phi) is 8.48. The summed E-state index contributed by atoms with van der Waals surface area (Å²) in [6.45, 7) is 3.89. The number of benzene rings is 3. The van der Waals surface area contributed by atoms with Crippen LogP contribution in [0.25, 0.3) is 0 Å². The van der Waals surface area contributed by atoms with Crippen LogP contribution in [0.3, 0.4) is 0 Å². The van der Waals surface area contributed by atoms with Crippen LogP contribution in [-0.2, 0) is 37.4 Å². The molecule has 3 aromatic rings. The van der Waals surface area contributed by atoms with Crippen molar-refractivity contribution in [1.29, 1.82) is 0 Å². The second kappa shape index (κ2) is 11.7. The molecule has 2 atom stereocenters. The lowest BCUT2D eigenvalue weighted by atomic mass is 10.2. The summed E-state index contributed by atoms with van der Waals surface area (Å²) in [5.41, 5.74) is 3.13. The van der Waals surface area contributed by atoms with Gasteiger partial charge in [0.25, 0.3) is 0 Å². The van der Waals surface area contributed by atoms with Crippen molar-refractivity contribution in [3.8, 4) is 0 Å². The van der Waals surface area contributed by atoms with Crippen LogP contribution in [-0.4, -0.2) is 51.2 Å². The van der Waals surface area contributed by atoms with Crippen molar-refractivity contribution in [2.24, 2.45) is 0 Å². The van der Waals surface area contributed by atoms with Gasteiger partial charge >= 0.3 is 0 Å². The monoisotopic (exact) mass is 481 g/mol. The largest absolute Gasteiger partial charge is 0.374 e. The first-order chi connectivity index (χ1) is 16.5. The predicted molar refractivity (Wildman–Crippen MR) is 131 cm³/mol. The zero-order valence-corrected chi connectivity index (χ0v) is 20.2. The van der Waals surface area contributed by atoms with E-state index >= 15 is 0 Å². The first-order valence-electron chi connectivity index (χ1n) is 11.5. The number of rotatable bonds is 10. The molecule has 0 N–H and O–H groups in total. The molecule has 34 heavy (non-hydrogen) atoms. The maximum atomic E-state index is 13.4. The minimum Gasteiger partial charge on any atom is -0.374 e. The number of hydrogen-bond donors (Lipinski definition) is 0. The lowest BCUT2D eigenvalue weighted by Crippen LogP contribution is -2.52. The van der Waals surface area contributed by atoms with Crippen LogP contribution in [0.5, 0.6) is 0 Å². The molecule has 1 aliphatic heterocycles. The highest BCUT2D eigenvalue weighted by atomic mass is 32.2. The molecule has 6 nitrogen and oxygen atoms in total. The van der Waals surface area contributed by atoms with Gasteiger partial charge in [0, 0.05) is 13.1 Å². The molecule has 1 saturated heterocycles. The summed E-state index contributed by atoms with van der Waals surface area (Å²) in [6.07, 6.45) is -0.772. The molecule has 1 heterocycles. The fourth-order valence-electron chi connectivity index (χ4n) is 3.89. The summed E-state index contributed by atoms with van der Waals surface area (Å²) < 4.78 is 46.2. The van der Waals surface area contributed by atoms with E-state index in [9.17, 15) is 8.42 Å². The van der Waals surface area contributed by atoms with Crippen molar-refractivity contribution < 1.29 is 22.6 Å². The zero-order valence-electron chi connectivity index (χ0n) is 19.4. The molecule has 0 bridgehead atoms. The lowest BCUT2D eigenvalue weighted by molar-refractivity contribution is -0.122. The van der Waals surface area contributed by atoms with Gasteiger partial charge in [-0.15, -0.1) is 0 Å². The van der Waals surface area contributed by atoms with E-state index in [0.29, 0.717) is 26.4 Å². The highest BCUT2D eigenvalue weighted by Crippen LogP contribution is 2.22. The van der Waals surface area contributed by atoms with Gasteiger partial charge in [-0.3, -0.25) is 0 Å². The Bertz CT molecular complexity index is 1070. The molecule has 4 rings (SSSR count). The normalized spacial score (nSPS) is 19.2. The highest BCUT2D eigenvalue weighted by Gasteiger charge is 2.35. The Morgan fingerprint density at radius 1 is 0.765 bits per heavy atom. The van der Waals surface area contributed by atoms with Gasteiger partial charge in [0.2, 0.25) is 10.0 Å². The molecular weight excluding hydrogens is 450 g/mol. The molecule has 1 fully saturated rings. The smallest absolute Gasteiger partial charge is 0.243 e. The maximum Gasteiger partial charge on any atom is 0.243 e. The van der Waals surface area contributed by atoms with Gasteiger partial charge in [-0.05, 0) is 30.2 Å². The summed E-state index contributed by atoms with van der Waals surface area (Å²) in [4.78, 5) is 0.285. The fourth-order valence-corrected chi connectivity index (χ4v) is 5.39. The van der Waals surface area contributed by atoms with Gasteiger partial charge in [0.15, 0.2) is 0 Å². The Morgan fingerprint density at radius 3 is 1.71 bits per heavy atom. The number of aryl methyl sites for hydroxylation is 1. The number of sulfonamides is 1. The molecule has 0 aliphatic carbocycles. The highest BCUT2D eigenvalue weighted by molar-refractivity contribution is 7.89. The van der Waals surface area contributed by atoms with Gasteiger partial charge in [-0.2, -0.15) is 4.31 Å². The van der Waals surface area contributed by atoms with Crippen LogP contribution in [0.2, 0.25) is 0 Å². The molecule has 0 aromatic heterocycles. The number of hydrogen-bond acceptors (Lipinski definition) is 5. The van der Waals surface area contributed by atoms with Crippen molar-refractivity contribution >= 4 is 10.0 Å². The summed E-state index contributed by atoms with van der Waals surface area (Å²) in [5, 5.41) is 0. The first-order valence-corrected chi connectivity index (χ1v) is 12.9. The molecule has 7 heteroatoms. The summed E-state index contributed by atoms with van der Waals surface area (Å²) in [5.74, 6) is 0. The average Bonchev–Trinajstić information content (AvgIpc) is 2.86. The zero-order chi connectivity index (χ0) is 23.8. The SMILES string of the molecule is Cc1ccc(S(=O)(=O)N2C[C@H](COCc3ccccc3)O[C@@H](COCc3ccccc3)C2)cc1. The topological polar surface area (TPSA) is 65.1 Å². The molecular formula is C27H31NO5S. The minimum absolute atomic E-state index is 0.236. The van der Waals surface area contributed by atoms with E-state index in [1.54, 1.807) is 12.1 Å². The second-order valence-corrected chi connectivity index (χ2v) is 10.5. The molecule has 180 valence electrons.